The third kappa shape index (κ3) is 4.47. The molecule has 1 fully saturated rings. The van der Waals surface area contributed by atoms with Gasteiger partial charge >= 0.3 is 0 Å². The number of benzene rings is 1. The number of amides is 2. The Balaban J connectivity index is 1.44. The normalized spacial score (nSPS) is 15.9. The first-order valence-corrected chi connectivity index (χ1v) is 11.2. The molecule has 0 spiro atoms. The number of hydrogen-bond donors (Lipinski definition) is 1. The number of carbonyl (C=O) groups excluding carboxylic acids is 2. The van der Waals surface area contributed by atoms with E-state index in [0.717, 1.165) is 42.9 Å². The zero-order valence-corrected chi connectivity index (χ0v) is 18.7. The van der Waals surface area contributed by atoms with E-state index in [4.69, 9.17) is 0 Å². The molecule has 1 unspecified atom stereocenters. The van der Waals surface area contributed by atoms with Crippen molar-refractivity contribution in [1.29, 1.82) is 0 Å². The molecule has 1 aliphatic rings. The number of halogens is 1. The second kappa shape index (κ2) is 8.76. The van der Waals surface area contributed by atoms with Gasteiger partial charge in [-0.15, -0.1) is 11.3 Å². The van der Waals surface area contributed by atoms with Gasteiger partial charge in [0.25, 0.3) is 5.91 Å². The van der Waals surface area contributed by atoms with Gasteiger partial charge in [-0.1, -0.05) is 12.1 Å². The van der Waals surface area contributed by atoms with E-state index in [1.807, 2.05) is 11.8 Å². The van der Waals surface area contributed by atoms with Crippen LogP contribution < -0.4 is 5.32 Å². The van der Waals surface area contributed by atoms with E-state index in [1.54, 1.807) is 42.9 Å². The molecule has 3 aromatic rings. The van der Waals surface area contributed by atoms with Gasteiger partial charge in [0.1, 0.15) is 16.3 Å². The fourth-order valence-corrected chi connectivity index (χ4v) is 4.95. The van der Waals surface area contributed by atoms with Crippen molar-refractivity contribution in [2.75, 3.05) is 32.7 Å². The molecule has 1 atom stereocenters. The molecule has 0 saturated carbocycles. The minimum atomic E-state index is -0.335. The summed E-state index contributed by atoms with van der Waals surface area (Å²) < 4.78 is 16.0. The van der Waals surface area contributed by atoms with Crippen molar-refractivity contribution in [1.82, 2.24) is 24.9 Å². The fourth-order valence-electron chi connectivity index (χ4n) is 3.98. The number of hydrogen-bond acceptors (Lipinski definition) is 5. The van der Waals surface area contributed by atoms with Crippen LogP contribution in [0.3, 0.4) is 0 Å². The number of aryl methyl sites for hydroxylation is 1. The van der Waals surface area contributed by atoms with E-state index in [-0.39, 0.29) is 23.7 Å². The van der Waals surface area contributed by atoms with Crippen molar-refractivity contribution in [3.05, 3.63) is 41.0 Å². The fraction of sp³-hybridized carbons (Fsp3) is 0.409. The summed E-state index contributed by atoms with van der Waals surface area (Å²) in [5.41, 5.74) is 0.971. The summed E-state index contributed by atoms with van der Waals surface area (Å²) in [5, 5.41) is 8.30. The van der Waals surface area contributed by atoms with Gasteiger partial charge in [0.15, 0.2) is 0 Å². The summed E-state index contributed by atoms with van der Waals surface area (Å²) in [5.74, 6) is -0.372. The minimum Gasteiger partial charge on any atom is -0.348 e. The highest BCUT2D eigenvalue weighted by atomic mass is 32.1. The molecule has 0 bridgehead atoms. The maximum absolute atomic E-state index is 14.3. The van der Waals surface area contributed by atoms with Crippen LogP contribution in [0.25, 0.3) is 21.5 Å². The molecule has 7 nitrogen and oxygen atoms in total. The molecule has 0 radical (unpaired) electrons. The van der Waals surface area contributed by atoms with Gasteiger partial charge < -0.3 is 10.2 Å². The molecule has 9 heteroatoms. The van der Waals surface area contributed by atoms with Crippen molar-refractivity contribution < 1.29 is 14.0 Å². The Morgan fingerprint density at radius 1 is 1.23 bits per heavy atom. The lowest BCUT2D eigenvalue weighted by Crippen LogP contribution is -2.51. The van der Waals surface area contributed by atoms with Gasteiger partial charge in [0.05, 0.1) is 4.88 Å². The van der Waals surface area contributed by atoms with Gasteiger partial charge in [-0.2, -0.15) is 5.10 Å². The summed E-state index contributed by atoms with van der Waals surface area (Å²) in [4.78, 5) is 29.8. The Morgan fingerprint density at radius 2 is 1.94 bits per heavy atom. The van der Waals surface area contributed by atoms with Gasteiger partial charge in [-0.3, -0.25) is 19.2 Å². The first-order chi connectivity index (χ1) is 14.8. The molecule has 1 aromatic carbocycles. The molecule has 2 aromatic heterocycles. The largest absolute Gasteiger partial charge is 0.348 e. The Hall–Kier alpha value is -2.78. The Morgan fingerprint density at radius 3 is 2.61 bits per heavy atom. The lowest BCUT2D eigenvalue weighted by Gasteiger charge is -2.35. The van der Waals surface area contributed by atoms with Gasteiger partial charge in [0.2, 0.25) is 5.91 Å². The van der Waals surface area contributed by atoms with Crippen molar-refractivity contribution in [2.24, 2.45) is 7.05 Å². The zero-order chi connectivity index (χ0) is 22.1. The molecule has 4 rings (SSSR count). The monoisotopic (exact) mass is 443 g/mol. The summed E-state index contributed by atoms with van der Waals surface area (Å²) in [7, 11) is 1.80. The van der Waals surface area contributed by atoms with Crippen LogP contribution in [0.5, 0.6) is 0 Å². The van der Waals surface area contributed by atoms with Gasteiger partial charge in [0, 0.05) is 63.7 Å². The quantitative estimate of drug-likeness (QED) is 0.658. The van der Waals surface area contributed by atoms with Crippen molar-refractivity contribution in [3.8, 4) is 11.3 Å². The summed E-state index contributed by atoms with van der Waals surface area (Å²) in [6.07, 6.45) is 0. The van der Waals surface area contributed by atoms with Crippen LogP contribution >= 0.6 is 11.3 Å². The van der Waals surface area contributed by atoms with Crippen molar-refractivity contribution in [2.45, 2.75) is 19.9 Å². The van der Waals surface area contributed by atoms with E-state index in [1.165, 1.54) is 17.4 Å². The topological polar surface area (TPSA) is 70.5 Å². The Bertz CT molecular complexity index is 1120. The lowest BCUT2D eigenvalue weighted by molar-refractivity contribution is -0.130. The van der Waals surface area contributed by atoms with Crippen LogP contribution in [0.1, 0.15) is 23.5 Å². The average Bonchev–Trinajstić information content (AvgIpc) is 3.30. The molecule has 0 aliphatic carbocycles. The third-order valence-corrected chi connectivity index (χ3v) is 6.79. The first-order valence-electron chi connectivity index (χ1n) is 10.3. The van der Waals surface area contributed by atoms with Crippen LogP contribution in [-0.4, -0.2) is 70.2 Å². The van der Waals surface area contributed by atoms with Gasteiger partial charge in [-0.05, 0) is 25.1 Å². The van der Waals surface area contributed by atoms with Crippen molar-refractivity contribution in [3.63, 3.8) is 0 Å². The number of fused-ring (bicyclic) bond motifs is 1. The van der Waals surface area contributed by atoms with Crippen LogP contribution in [-0.2, 0) is 11.8 Å². The summed E-state index contributed by atoms with van der Waals surface area (Å²) in [6.45, 7) is 7.35. The lowest BCUT2D eigenvalue weighted by atomic mass is 10.1. The molecular weight excluding hydrogens is 417 g/mol. The molecule has 31 heavy (non-hydrogen) atoms. The van der Waals surface area contributed by atoms with Crippen LogP contribution in [0.2, 0.25) is 0 Å². The number of aromatic nitrogens is 2. The Labute approximate surface area is 184 Å². The average molecular weight is 444 g/mol. The number of nitrogens with one attached hydrogen (secondary N) is 1. The van der Waals surface area contributed by atoms with E-state index in [9.17, 15) is 14.0 Å². The summed E-state index contributed by atoms with van der Waals surface area (Å²) in [6, 6.07) is 8.29. The first kappa shape index (κ1) is 21.5. The molecule has 1 saturated heterocycles. The van der Waals surface area contributed by atoms with E-state index in [2.05, 4.69) is 15.3 Å². The van der Waals surface area contributed by atoms with E-state index in [0.29, 0.717) is 16.1 Å². The number of nitrogens with zero attached hydrogens (tertiary/aromatic N) is 4. The van der Waals surface area contributed by atoms with Gasteiger partial charge in [-0.25, -0.2) is 4.39 Å². The highest BCUT2D eigenvalue weighted by Crippen LogP contribution is 2.34. The predicted molar refractivity (Wildman–Crippen MR) is 120 cm³/mol. The standard InChI is InChI=1S/C22H26FN5O2S/c1-14(13-27-8-10-28(11-9-27)15(2)29)24-21(30)19-12-17-20(25-26(3)22(17)31-19)16-6-4-5-7-18(16)23/h4-7,12,14H,8-11,13H2,1-3H3,(H,24,30). The molecule has 1 aliphatic heterocycles. The molecule has 164 valence electrons. The van der Waals surface area contributed by atoms with Crippen LogP contribution in [0.4, 0.5) is 4.39 Å². The highest BCUT2D eigenvalue weighted by molar-refractivity contribution is 7.20. The van der Waals surface area contributed by atoms with E-state index >= 15 is 0 Å². The highest BCUT2D eigenvalue weighted by Gasteiger charge is 2.23. The van der Waals surface area contributed by atoms with Crippen LogP contribution in [0.15, 0.2) is 30.3 Å². The van der Waals surface area contributed by atoms with E-state index < -0.39 is 0 Å². The Kier molecular flexibility index (Phi) is 6.06. The number of carbonyl (C=O) groups is 2. The maximum atomic E-state index is 14.3. The van der Waals surface area contributed by atoms with Crippen molar-refractivity contribution >= 4 is 33.4 Å². The number of rotatable bonds is 5. The zero-order valence-electron chi connectivity index (χ0n) is 17.9. The maximum Gasteiger partial charge on any atom is 0.261 e. The number of thiophene rings is 1. The number of piperazine rings is 1. The molecular formula is C22H26FN5O2S. The second-order valence-corrected chi connectivity index (χ2v) is 8.99. The third-order valence-electron chi connectivity index (χ3n) is 5.59. The molecule has 1 N–H and O–H groups in total. The second-order valence-electron chi connectivity index (χ2n) is 7.96. The summed E-state index contributed by atoms with van der Waals surface area (Å²) >= 11 is 1.35. The predicted octanol–water partition coefficient (Wildman–Crippen LogP) is 2.72. The SMILES string of the molecule is CC(=O)N1CCN(CC(C)NC(=O)c2cc3c(-c4ccccc4F)nn(C)c3s2)CC1. The smallest absolute Gasteiger partial charge is 0.261 e. The van der Waals surface area contributed by atoms with Crippen LogP contribution in [0, 0.1) is 5.82 Å². The molecule has 2 amide bonds. The molecule has 3 heterocycles. The minimum absolute atomic E-state index is 0.0363.